The van der Waals surface area contributed by atoms with Crippen molar-refractivity contribution < 1.29 is 0 Å². The first-order chi connectivity index (χ1) is 7.60. The van der Waals surface area contributed by atoms with E-state index >= 15 is 0 Å². The highest BCUT2D eigenvalue weighted by molar-refractivity contribution is 5.58. The van der Waals surface area contributed by atoms with Crippen LogP contribution in [-0.4, -0.2) is 13.6 Å². The summed E-state index contributed by atoms with van der Waals surface area (Å²) in [7, 11) is 2.16. The summed E-state index contributed by atoms with van der Waals surface area (Å²) >= 11 is 0. The molecule has 0 aliphatic rings. The summed E-state index contributed by atoms with van der Waals surface area (Å²) in [6, 6.07) is 6.36. The molecule has 1 rings (SSSR count). The summed E-state index contributed by atoms with van der Waals surface area (Å²) in [5, 5.41) is 0. The van der Waals surface area contributed by atoms with Crippen LogP contribution in [-0.2, 0) is 6.54 Å². The van der Waals surface area contributed by atoms with Crippen LogP contribution >= 0.6 is 0 Å². The topological polar surface area (TPSA) is 29.3 Å². The van der Waals surface area contributed by atoms with Crippen molar-refractivity contribution in [3.05, 3.63) is 29.3 Å². The first kappa shape index (κ1) is 13.0. The SMILES string of the molecule is CCC(C)CN(C)c1c(C)cccc1CN. The van der Waals surface area contributed by atoms with Gasteiger partial charge in [0.2, 0.25) is 0 Å². The van der Waals surface area contributed by atoms with Gasteiger partial charge in [0.25, 0.3) is 0 Å². The number of rotatable bonds is 5. The number of aryl methyl sites for hydroxylation is 1. The van der Waals surface area contributed by atoms with E-state index in [4.69, 9.17) is 5.73 Å². The average molecular weight is 220 g/mol. The van der Waals surface area contributed by atoms with Crippen molar-refractivity contribution >= 4 is 5.69 Å². The molecule has 0 heterocycles. The zero-order chi connectivity index (χ0) is 12.1. The molecule has 0 fully saturated rings. The van der Waals surface area contributed by atoms with Crippen molar-refractivity contribution in [3.8, 4) is 0 Å². The molecule has 0 aliphatic heterocycles. The average Bonchev–Trinajstić information content (AvgIpc) is 2.28. The third kappa shape index (κ3) is 2.99. The van der Waals surface area contributed by atoms with Gasteiger partial charge in [-0.1, -0.05) is 38.5 Å². The Balaban J connectivity index is 2.93. The molecule has 2 nitrogen and oxygen atoms in total. The molecular weight excluding hydrogens is 196 g/mol. The van der Waals surface area contributed by atoms with Crippen molar-refractivity contribution in [3.63, 3.8) is 0 Å². The van der Waals surface area contributed by atoms with Gasteiger partial charge in [-0.15, -0.1) is 0 Å². The van der Waals surface area contributed by atoms with E-state index in [1.807, 2.05) is 0 Å². The van der Waals surface area contributed by atoms with Crippen LogP contribution in [0.1, 0.15) is 31.4 Å². The maximum absolute atomic E-state index is 5.79. The molecule has 2 heteroatoms. The first-order valence-electron chi connectivity index (χ1n) is 6.09. The van der Waals surface area contributed by atoms with E-state index in [0.717, 1.165) is 12.5 Å². The Bertz CT molecular complexity index is 334. The fourth-order valence-corrected chi connectivity index (χ4v) is 2.12. The van der Waals surface area contributed by atoms with Gasteiger partial charge in [0.05, 0.1) is 0 Å². The molecule has 0 spiro atoms. The zero-order valence-electron chi connectivity index (χ0n) is 11.0. The van der Waals surface area contributed by atoms with Gasteiger partial charge in [-0.2, -0.15) is 0 Å². The van der Waals surface area contributed by atoms with Crippen LogP contribution in [0.3, 0.4) is 0 Å². The van der Waals surface area contributed by atoms with Gasteiger partial charge < -0.3 is 10.6 Å². The maximum atomic E-state index is 5.79. The molecule has 0 saturated carbocycles. The van der Waals surface area contributed by atoms with Crippen molar-refractivity contribution in [2.24, 2.45) is 11.7 Å². The number of nitrogens with two attached hydrogens (primary N) is 1. The first-order valence-corrected chi connectivity index (χ1v) is 6.09. The molecule has 0 aliphatic carbocycles. The fourth-order valence-electron chi connectivity index (χ4n) is 2.12. The van der Waals surface area contributed by atoms with Gasteiger partial charge >= 0.3 is 0 Å². The second-order valence-corrected chi connectivity index (χ2v) is 4.68. The smallest absolute Gasteiger partial charge is 0.0438 e. The molecule has 16 heavy (non-hydrogen) atoms. The third-order valence-corrected chi connectivity index (χ3v) is 3.21. The molecule has 90 valence electrons. The minimum Gasteiger partial charge on any atom is -0.374 e. The minimum absolute atomic E-state index is 0.613. The molecule has 0 aromatic heterocycles. The van der Waals surface area contributed by atoms with E-state index in [-0.39, 0.29) is 0 Å². The number of nitrogens with zero attached hydrogens (tertiary/aromatic N) is 1. The third-order valence-electron chi connectivity index (χ3n) is 3.21. The zero-order valence-corrected chi connectivity index (χ0v) is 11.0. The Morgan fingerprint density at radius 2 is 2.06 bits per heavy atom. The molecule has 0 radical (unpaired) electrons. The molecule has 0 saturated heterocycles. The van der Waals surface area contributed by atoms with E-state index < -0.39 is 0 Å². The van der Waals surface area contributed by atoms with Gasteiger partial charge in [-0.3, -0.25) is 0 Å². The summed E-state index contributed by atoms with van der Waals surface area (Å²) in [5.41, 5.74) is 9.66. The molecule has 0 amide bonds. The van der Waals surface area contributed by atoms with E-state index in [1.54, 1.807) is 0 Å². The Kier molecular flexibility index (Phi) is 4.81. The van der Waals surface area contributed by atoms with Gasteiger partial charge in [0.1, 0.15) is 0 Å². The largest absolute Gasteiger partial charge is 0.374 e. The number of anilines is 1. The van der Waals surface area contributed by atoms with Crippen molar-refractivity contribution in [2.45, 2.75) is 33.7 Å². The highest BCUT2D eigenvalue weighted by atomic mass is 15.1. The monoisotopic (exact) mass is 220 g/mol. The molecule has 1 atom stereocenters. The Morgan fingerprint density at radius 1 is 1.38 bits per heavy atom. The normalized spacial score (nSPS) is 12.6. The molecule has 1 aromatic rings. The van der Waals surface area contributed by atoms with Crippen LogP contribution in [0.25, 0.3) is 0 Å². The lowest BCUT2D eigenvalue weighted by molar-refractivity contribution is 0.559. The fraction of sp³-hybridized carbons (Fsp3) is 0.571. The summed E-state index contributed by atoms with van der Waals surface area (Å²) in [5.74, 6) is 0.718. The van der Waals surface area contributed by atoms with Crippen molar-refractivity contribution in [2.75, 3.05) is 18.5 Å². The van der Waals surface area contributed by atoms with E-state index in [9.17, 15) is 0 Å². The Labute approximate surface area is 99.5 Å². The highest BCUT2D eigenvalue weighted by Crippen LogP contribution is 2.24. The van der Waals surface area contributed by atoms with Gasteiger partial charge in [-0.25, -0.2) is 0 Å². The van der Waals surface area contributed by atoms with Gasteiger partial charge in [0, 0.05) is 25.8 Å². The van der Waals surface area contributed by atoms with E-state index in [1.165, 1.54) is 23.2 Å². The van der Waals surface area contributed by atoms with Crippen LogP contribution < -0.4 is 10.6 Å². The second kappa shape index (κ2) is 5.90. The summed E-state index contributed by atoms with van der Waals surface area (Å²) in [4.78, 5) is 2.34. The number of benzene rings is 1. The molecule has 1 aromatic carbocycles. The number of hydrogen-bond donors (Lipinski definition) is 1. The van der Waals surface area contributed by atoms with E-state index in [2.05, 4.69) is 50.9 Å². The van der Waals surface area contributed by atoms with Crippen LogP contribution in [0.2, 0.25) is 0 Å². The summed E-state index contributed by atoms with van der Waals surface area (Å²) in [6.45, 7) is 8.38. The molecular formula is C14H24N2. The highest BCUT2D eigenvalue weighted by Gasteiger charge is 2.11. The molecule has 1 unspecified atom stereocenters. The van der Waals surface area contributed by atoms with Crippen molar-refractivity contribution in [1.82, 2.24) is 0 Å². The lowest BCUT2D eigenvalue weighted by atomic mass is 10.0. The maximum Gasteiger partial charge on any atom is 0.0438 e. The Hall–Kier alpha value is -1.02. The Morgan fingerprint density at radius 3 is 2.62 bits per heavy atom. The predicted octanol–water partition coefficient (Wildman–Crippen LogP) is 2.94. The lowest BCUT2D eigenvalue weighted by Gasteiger charge is -2.26. The predicted molar refractivity (Wildman–Crippen MR) is 71.8 cm³/mol. The quantitative estimate of drug-likeness (QED) is 0.826. The summed E-state index contributed by atoms with van der Waals surface area (Å²) < 4.78 is 0. The van der Waals surface area contributed by atoms with Crippen LogP contribution in [0, 0.1) is 12.8 Å². The summed E-state index contributed by atoms with van der Waals surface area (Å²) in [6.07, 6.45) is 1.22. The van der Waals surface area contributed by atoms with Crippen LogP contribution in [0.4, 0.5) is 5.69 Å². The minimum atomic E-state index is 0.613. The van der Waals surface area contributed by atoms with Gasteiger partial charge in [-0.05, 0) is 24.0 Å². The lowest BCUT2D eigenvalue weighted by Crippen LogP contribution is -2.25. The van der Waals surface area contributed by atoms with Crippen molar-refractivity contribution in [1.29, 1.82) is 0 Å². The van der Waals surface area contributed by atoms with E-state index in [0.29, 0.717) is 6.54 Å². The molecule has 0 bridgehead atoms. The standard InChI is InChI=1S/C14H24N2/c1-5-11(2)10-16(4)14-12(3)7-6-8-13(14)9-15/h6-8,11H,5,9-10,15H2,1-4H3. The molecule has 2 N–H and O–H groups in total. The number of hydrogen-bond acceptors (Lipinski definition) is 2. The number of para-hydroxylation sites is 1. The van der Waals surface area contributed by atoms with Gasteiger partial charge in [0.15, 0.2) is 0 Å². The second-order valence-electron chi connectivity index (χ2n) is 4.68. The van der Waals surface area contributed by atoms with Crippen LogP contribution in [0.5, 0.6) is 0 Å². The van der Waals surface area contributed by atoms with Crippen LogP contribution in [0.15, 0.2) is 18.2 Å².